The molecule has 7 nitrogen and oxygen atoms in total. The van der Waals surface area contributed by atoms with E-state index in [1.807, 2.05) is 6.20 Å². The molecule has 0 saturated carbocycles. The number of thiazole rings is 1. The van der Waals surface area contributed by atoms with Crippen molar-refractivity contribution in [2.75, 3.05) is 31.6 Å². The zero-order chi connectivity index (χ0) is 20.8. The van der Waals surface area contributed by atoms with E-state index in [9.17, 15) is 0 Å². The number of rotatable bonds is 6. The third-order valence-corrected chi connectivity index (χ3v) is 6.07. The lowest BCUT2D eigenvalue weighted by molar-refractivity contribution is -0.00545. The van der Waals surface area contributed by atoms with E-state index in [4.69, 9.17) is 4.74 Å². The Morgan fingerprint density at radius 2 is 2.00 bits per heavy atom. The van der Waals surface area contributed by atoms with Crippen molar-refractivity contribution in [1.29, 1.82) is 0 Å². The molecule has 8 heteroatoms. The van der Waals surface area contributed by atoms with Gasteiger partial charge in [0.15, 0.2) is 5.96 Å². The maximum Gasteiger partial charge on any atom is 0.191 e. The number of morpholine rings is 1. The average molecular weight is 417 g/mol. The van der Waals surface area contributed by atoms with Gasteiger partial charge in [-0.15, -0.1) is 11.3 Å². The van der Waals surface area contributed by atoms with Gasteiger partial charge in [0.05, 0.1) is 22.9 Å². The minimum absolute atomic E-state index is 0.230. The molecule has 0 bridgehead atoms. The maximum absolute atomic E-state index is 5.80. The smallest absolute Gasteiger partial charge is 0.191 e. The van der Waals surface area contributed by atoms with Crippen molar-refractivity contribution in [3.8, 4) is 0 Å². The number of hydrogen-bond acceptors (Lipinski definition) is 6. The molecular formula is C21H32N6OS. The van der Waals surface area contributed by atoms with Crippen molar-refractivity contribution in [2.24, 2.45) is 4.99 Å². The van der Waals surface area contributed by atoms with Crippen LogP contribution in [0.3, 0.4) is 0 Å². The van der Waals surface area contributed by atoms with E-state index < -0.39 is 0 Å². The summed E-state index contributed by atoms with van der Waals surface area (Å²) in [6.07, 6.45) is 3.29. The summed E-state index contributed by atoms with van der Waals surface area (Å²) in [5.41, 5.74) is 2.25. The number of ether oxygens (including phenoxy) is 1. The van der Waals surface area contributed by atoms with Crippen molar-refractivity contribution >= 4 is 23.1 Å². The summed E-state index contributed by atoms with van der Waals surface area (Å²) >= 11 is 1.77. The summed E-state index contributed by atoms with van der Waals surface area (Å²) in [4.78, 5) is 17.1. The van der Waals surface area contributed by atoms with E-state index >= 15 is 0 Å². The zero-order valence-electron chi connectivity index (χ0n) is 18.0. The molecule has 2 atom stereocenters. The third kappa shape index (κ3) is 6.14. The van der Waals surface area contributed by atoms with Crippen LogP contribution in [0.5, 0.6) is 0 Å². The van der Waals surface area contributed by atoms with Crippen LogP contribution in [-0.2, 0) is 17.7 Å². The van der Waals surface area contributed by atoms with Crippen LogP contribution in [-0.4, -0.2) is 54.8 Å². The number of anilines is 1. The van der Waals surface area contributed by atoms with Gasteiger partial charge >= 0.3 is 0 Å². The Bertz CT molecular complexity index is 790. The Morgan fingerprint density at radius 1 is 1.24 bits per heavy atom. The molecule has 2 aromatic heterocycles. The van der Waals surface area contributed by atoms with Crippen molar-refractivity contribution < 1.29 is 4.74 Å². The molecular weight excluding hydrogens is 384 g/mol. The molecule has 0 spiro atoms. The minimum Gasteiger partial charge on any atom is -0.372 e. The predicted octanol–water partition coefficient (Wildman–Crippen LogP) is 2.68. The lowest BCUT2D eigenvalue weighted by Gasteiger charge is -2.36. The number of hydrogen-bond donors (Lipinski definition) is 2. The first kappa shape index (κ1) is 21.5. The highest BCUT2D eigenvalue weighted by Crippen LogP contribution is 2.18. The first-order chi connectivity index (χ1) is 13.9. The number of nitrogens with zero attached hydrogens (tertiary/aromatic N) is 4. The van der Waals surface area contributed by atoms with Crippen LogP contribution in [0.4, 0.5) is 5.82 Å². The quantitative estimate of drug-likeness (QED) is 0.557. The summed E-state index contributed by atoms with van der Waals surface area (Å²) in [6, 6.07) is 4.21. The van der Waals surface area contributed by atoms with Crippen LogP contribution in [0.2, 0.25) is 0 Å². The molecule has 1 aliphatic heterocycles. The molecule has 0 amide bonds. The molecule has 2 aromatic rings. The first-order valence-corrected chi connectivity index (χ1v) is 11.0. The van der Waals surface area contributed by atoms with Crippen LogP contribution in [0.25, 0.3) is 0 Å². The number of guanidine groups is 1. The Balaban J connectivity index is 1.45. The van der Waals surface area contributed by atoms with Gasteiger partial charge in [0.2, 0.25) is 0 Å². The summed E-state index contributed by atoms with van der Waals surface area (Å²) in [7, 11) is 1.79. The molecule has 1 saturated heterocycles. The second-order valence-electron chi connectivity index (χ2n) is 7.54. The van der Waals surface area contributed by atoms with Crippen LogP contribution in [0, 0.1) is 13.8 Å². The monoisotopic (exact) mass is 416 g/mol. The molecule has 158 valence electrons. The van der Waals surface area contributed by atoms with Gasteiger partial charge in [0, 0.05) is 50.7 Å². The van der Waals surface area contributed by atoms with Gasteiger partial charge in [-0.3, -0.25) is 4.99 Å². The van der Waals surface area contributed by atoms with E-state index in [1.165, 1.54) is 4.88 Å². The van der Waals surface area contributed by atoms with Crippen molar-refractivity contribution in [2.45, 2.75) is 52.9 Å². The van der Waals surface area contributed by atoms with Gasteiger partial charge < -0.3 is 20.3 Å². The van der Waals surface area contributed by atoms with E-state index in [1.54, 1.807) is 18.4 Å². The molecule has 2 unspecified atom stereocenters. The summed E-state index contributed by atoms with van der Waals surface area (Å²) in [5, 5.41) is 7.86. The average Bonchev–Trinajstić information content (AvgIpc) is 3.01. The Morgan fingerprint density at radius 3 is 2.59 bits per heavy atom. The molecule has 0 radical (unpaired) electrons. The topological polar surface area (TPSA) is 74.7 Å². The number of aryl methyl sites for hydroxylation is 2. The number of nitrogens with one attached hydrogen (secondary N) is 2. The normalized spacial score (nSPS) is 20.0. The lowest BCUT2D eigenvalue weighted by Crippen LogP contribution is -2.45. The van der Waals surface area contributed by atoms with Crippen LogP contribution >= 0.6 is 11.3 Å². The van der Waals surface area contributed by atoms with Gasteiger partial charge in [-0.2, -0.15) is 0 Å². The van der Waals surface area contributed by atoms with Crippen LogP contribution < -0.4 is 15.5 Å². The number of aromatic nitrogens is 2. The second-order valence-corrected chi connectivity index (χ2v) is 8.83. The highest BCUT2D eigenvalue weighted by molar-refractivity contribution is 7.11. The highest BCUT2D eigenvalue weighted by atomic mass is 32.1. The summed E-state index contributed by atoms with van der Waals surface area (Å²) in [5.74, 6) is 1.79. The Hall–Kier alpha value is -2.19. The molecule has 3 rings (SSSR count). The fourth-order valence-electron chi connectivity index (χ4n) is 3.41. The molecule has 2 N–H and O–H groups in total. The van der Waals surface area contributed by atoms with Crippen molar-refractivity contribution in [1.82, 2.24) is 20.6 Å². The first-order valence-electron chi connectivity index (χ1n) is 10.2. The fourth-order valence-corrected chi connectivity index (χ4v) is 4.35. The van der Waals surface area contributed by atoms with Crippen LogP contribution in [0.15, 0.2) is 23.3 Å². The van der Waals surface area contributed by atoms with Gasteiger partial charge in [0.1, 0.15) is 5.82 Å². The zero-order valence-corrected chi connectivity index (χ0v) is 18.8. The van der Waals surface area contributed by atoms with E-state index in [-0.39, 0.29) is 12.2 Å². The van der Waals surface area contributed by atoms with Crippen molar-refractivity contribution in [3.63, 3.8) is 0 Å². The number of aliphatic imine (C=N–C) groups is 1. The highest BCUT2D eigenvalue weighted by Gasteiger charge is 2.22. The van der Waals surface area contributed by atoms with Gasteiger partial charge in [-0.1, -0.05) is 6.07 Å². The third-order valence-electron chi connectivity index (χ3n) is 4.94. The number of pyridine rings is 1. The molecule has 29 heavy (non-hydrogen) atoms. The fraction of sp³-hybridized carbons (Fsp3) is 0.571. The van der Waals surface area contributed by atoms with Crippen LogP contribution in [0.1, 0.15) is 35.0 Å². The van der Waals surface area contributed by atoms with E-state index in [0.717, 1.165) is 54.1 Å². The Labute approximate surface area is 177 Å². The van der Waals surface area contributed by atoms with Gasteiger partial charge in [-0.05, 0) is 39.3 Å². The summed E-state index contributed by atoms with van der Waals surface area (Å²) in [6.45, 7) is 11.6. The molecule has 1 fully saturated rings. The summed E-state index contributed by atoms with van der Waals surface area (Å²) < 4.78 is 5.80. The molecule has 0 aromatic carbocycles. The maximum atomic E-state index is 5.80. The second kappa shape index (κ2) is 10.0. The lowest BCUT2D eigenvalue weighted by atomic mass is 10.2. The molecule has 0 aliphatic carbocycles. The standard InChI is InChI=1S/C21H32N6OS/c1-14-12-27(13-15(2)28-14)19-7-6-18(10-24-19)11-25-21(22-5)23-9-8-20-26-16(3)17(4)29-20/h6-7,10,14-15H,8-9,11-13H2,1-5H3,(H2,22,23,25). The van der Waals surface area contributed by atoms with Gasteiger partial charge in [-0.25, -0.2) is 9.97 Å². The Kier molecular flexibility index (Phi) is 7.44. The van der Waals surface area contributed by atoms with E-state index in [2.05, 4.69) is 70.3 Å². The van der Waals surface area contributed by atoms with Gasteiger partial charge in [0.25, 0.3) is 0 Å². The molecule has 1 aliphatic rings. The minimum atomic E-state index is 0.230. The van der Waals surface area contributed by atoms with Crippen molar-refractivity contribution in [3.05, 3.63) is 39.5 Å². The SMILES string of the molecule is CN=C(NCCc1nc(C)c(C)s1)NCc1ccc(N2CC(C)OC(C)C2)nc1. The molecule has 3 heterocycles. The van der Waals surface area contributed by atoms with E-state index in [0.29, 0.717) is 6.54 Å². The largest absolute Gasteiger partial charge is 0.372 e. The predicted molar refractivity (Wildman–Crippen MR) is 120 cm³/mol.